The largest absolute Gasteiger partial charge is 0.369 e. The fraction of sp³-hybridized carbons (Fsp3) is 0.533. The molecule has 2 rings (SSSR count). The first-order chi connectivity index (χ1) is 9.10. The summed E-state index contributed by atoms with van der Waals surface area (Å²) in [5.41, 5.74) is 3.89. The molecule has 0 aliphatic carbocycles. The Morgan fingerprint density at radius 1 is 1.47 bits per heavy atom. The van der Waals surface area contributed by atoms with Crippen molar-refractivity contribution in [2.45, 2.75) is 32.9 Å². The van der Waals surface area contributed by atoms with Crippen molar-refractivity contribution in [1.29, 1.82) is 0 Å². The van der Waals surface area contributed by atoms with Crippen molar-refractivity contribution >= 4 is 11.6 Å². The molecular weight excluding hydrogens is 238 g/mol. The van der Waals surface area contributed by atoms with Crippen LogP contribution in [0.3, 0.4) is 0 Å². The molecular formula is C15H23N3O. The number of aryl methyl sites for hydroxylation is 1. The number of nitrogens with zero attached hydrogens (tertiary/aromatic N) is 1. The van der Waals surface area contributed by atoms with Crippen LogP contribution in [0, 0.1) is 6.92 Å². The number of benzene rings is 1. The standard InChI is InChI=1S/C15H23N3O/c1-11-4-5-15(13(8-11)9-16-3)18-7-6-14(10-18)17-12(2)19/h4-5,8,14,16H,6-7,9-10H2,1-3H3,(H,17,19). The van der Waals surface area contributed by atoms with Crippen LogP contribution in [0.1, 0.15) is 24.5 Å². The molecule has 1 amide bonds. The first kappa shape index (κ1) is 13.9. The van der Waals surface area contributed by atoms with Crippen molar-refractivity contribution in [2.24, 2.45) is 0 Å². The fourth-order valence-corrected chi connectivity index (χ4v) is 2.74. The summed E-state index contributed by atoms with van der Waals surface area (Å²) in [7, 11) is 1.97. The zero-order chi connectivity index (χ0) is 13.8. The Morgan fingerprint density at radius 2 is 2.26 bits per heavy atom. The van der Waals surface area contributed by atoms with Gasteiger partial charge >= 0.3 is 0 Å². The maximum Gasteiger partial charge on any atom is 0.217 e. The summed E-state index contributed by atoms with van der Waals surface area (Å²) >= 11 is 0. The quantitative estimate of drug-likeness (QED) is 0.862. The summed E-state index contributed by atoms with van der Waals surface area (Å²) in [5, 5.41) is 6.23. The van der Waals surface area contributed by atoms with E-state index in [2.05, 4.69) is 40.7 Å². The third-order valence-corrected chi connectivity index (χ3v) is 3.54. The average molecular weight is 261 g/mol. The molecule has 1 heterocycles. The molecule has 4 heteroatoms. The Morgan fingerprint density at radius 3 is 2.95 bits per heavy atom. The third-order valence-electron chi connectivity index (χ3n) is 3.54. The average Bonchev–Trinajstić information content (AvgIpc) is 2.77. The predicted octanol–water partition coefficient (Wildman–Crippen LogP) is 1.43. The van der Waals surface area contributed by atoms with Crippen LogP contribution in [-0.2, 0) is 11.3 Å². The highest BCUT2D eigenvalue weighted by Crippen LogP contribution is 2.25. The van der Waals surface area contributed by atoms with E-state index in [-0.39, 0.29) is 11.9 Å². The Kier molecular flexibility index (Phi) is 4.43. The van der Waals surface area contributed by atoms with E-state index in [1.807, 2.05) is 7.05 Å². The number of rotatable bonds is 4. The van der Waals surface area contributed by atoms with E-state index in [9.17, 15) is 4.79 Å². The molecule has 104 valence electrons. The van der Waals surface area contributed by atoms with Crippen LogP contribution in [0.5, 0.6) is 0 Å². The molecule has 1 aromatic carbocycles. The Bertz CT molecular complexity index is 459. The van der Waals surface area contributed by atoms with Gasteiger partial charge in [0.15, 0.2) is 0 Å². The normalized spacial score (nSPS) is 18.7. The third kappa shape index (κ3) is 3.47. The van der Waals surface area contributed by atoms with Crippen LogP contribution < -0.4 is 15.5 Å². The van der Waals surface area contributed by atoms with Gasteiger partial charge < -0.3 is 15.5 Å². The molecule has 19 heavy (non-hydrogen) atoms. The summed E-state index contributed by atoms with van der Waals surface area (Å²) in [4.78, 5) is 13.5. The van der Waals surface area contributed by atoms with Crippen LogP contribution in [0.15, 0.2) is 18.2 Å². The summed E-state index contributed by atoms with van der Waals surface area (Å²) in [6.45, 7) is 6.48. The second kappa shape index (κ2) is 6.06. The molecule has 0 aromatic heterocycles. The monoisotopic (exact) mass is 261 g/mol. The van der Waals surface area contributed by atoms with Crippen molar-refractivity contribution in [1.82, 2.24) is 10.6 Å². The van der Waals surface area contributed by atoms with Crippen LogP contribution >= 0.6 is 0 Å². The minimum absolute atomic E-state index is 0.0613. The van der Waals surface area contributed by atoms with Gasteiger partial charge in [0.25, 0.3) is 0 Å². The van der Waals surface area contributed by atoms with Gasteiger partial charge in [0.2, 0.25) is 5.91 Å². The summed E-state index contributed by atoms with van der Waals surface area (Å²) < 4.78 is 0. The Balaban J connectivity index is 2.12. The van der Waals surface area contributed by atoms with Gasteiger partial charge in [0.1, 0.15) is 0 Å². The van der Waals surface area contributed by atoms with E-state index in [0.29, 0.717) is 0 Å². The lowest BCUT2D eigenvalue weighted by Crippen LogP contribution is -2.35. The molecule has 1 fully saturated rings. The molecule has 4 nitrogen and oxygen atoms in total. The topological polar surface area (TPSA) is 44.4 Å². The minimum atomic E-state index is 0.0613. The van der Waals surface area contributed by atoms with Gasteiger partial charge in [0.05, 0.1) is 0 Å². The van der Waals surface area contributed by atoms with Crippen LogP contribution in [0.4, 0.5) is 5.69 Å². The number of anilines is 1. The molecule has 0 bridgehead atoms. The van der Waals surface area contributed by atoms with Crippen molar-refractivity contribution in [3.05, 3.63) is 29.3 Å². The first-order valence-electron chi connectivity index (χ1n) is 6.86. The predicted molar refractivity (Wildman–Crippen MR) is 78.4 cm³/mol. The van der Waals surface area contributed by atoms with E-state index >= 15 is 0 Å². The smallest absolute Gasteiger partial charge is 0.217 e. The fourth-order valence-electron chi connectivity index (χ4n) is 2.74. The van der Waals surface area contributed by atoms with Gasteiger partial charge in [-0.25, -0.2) is 0 Å². The maximum atomic E-state index is 11.1. The number of amides is 1. The second-order valence-electron chi connectivity index (χ2n) is 5.29. The van der Waals surface area contributed by atoms with Crippen molar-refractivity contribution < 1.29 is 4.79 Å². The van der Waals surface area contributed by atoms with Gasteiger partial charge in [-0.1, -0.05) is 17.7 Å². The lowest BCUT2D eigenvalue weighted by Gasteiger charge is -2.22. The number of carbonyl (C=O) groups is 1. The zero-order valence-corrected chi connectivity index (χ0v) is 12.0. The molecule has 1 atom stereocenters. The second-order valence-corrected chi connectivity index (χ2v) is 5.29. The van der Waals surface area contributed by atoms with E-state index in [0.717, 1.165) is 26.1 Å². The highest BCUT2D eigenvalue weighted by atomic mass is 16.1. The van der Waals surface area contributed by atoms with E-state index in [4.69, 9.17) is 0 Å². The molecule has 2 N–H and O–H groups in total. The number of carbonyl (C=O) groups excluding carboxylic acids is 1. The van der Waals surface area contributed by atoms with Gasteiger partial charge in [-0.15, -0.1) is 0 Å². The van der Waals surface area contributed by atoms with Crippen LogP contribution in [0.25, 0.3) is 0 Å². The SMILES string of the molecule is CNCc1cc(C)ccc1N1CCC(NC(C)=O)C1. The van der Waals surface area contributed by atoms with E-state index in [1.165, 1.54) is 16.8 Å². The molecule has 0 saturated carbocycles. The minimum Gasteiger partial charge on any atom is -0.369 e. The van der Waals surface area contributed by atoms with Gasteiger partial charge in [-0.2, -0.15) is 0 Å². The maximum absolute atomic E-state index is 11.1. The van der Waals surface area contributed by atoms with Gasteiger partial charge in [-0.05, 0) is 32.0 Å². The summed E-state index contributed by atoms with van der Waals surface area (Å²) in [6, 6.07) is 6.86. The Labute approximate surface area is 115 Å². The molecule has 0 spiro atoms. The number of hydrogen-bond acceptors (Lipinski definition) is 3. The van der Waals surface area contributed by atoms with Crippen LogP contribution in [0.2, 0.25) is 0 Å². The van der Waals surface area contributed by atoms with E-state index < -0.39 is 0 Å². The molecule has 0 radical (unpaired) electrons. The van der Waals surface area contributed by atoms with Crippen molar-refractivity contribution in [3.8, 4) is 0 Å². The van der Waals surface area contributed by atoms with Crippen molar-refractivity contribution in [3.63, 3.8) is 0 Å². The number of hydrogen-bond donors (Lipinski definition) is 2. The summed E-state index contributed by atoms with van der Waals surface area (Å²) in [5.74, 6) is 0.0613. The highest BCUT2D eigenvalue weighted by molar-refractivity contribution is 5.73. The van der Waals surface area contributed by atoms with Gasteiger partial charge in [-0.3, -0.25) is 4.79 Å². The zero-order valence-electron chi connectivity index (χ0n) is 12.0. The lowest BCUT2D eigenvalue weighted by molar-refractivity contribution is -0.119. The van der Waals surface area contributed by atoms with Crippen LogP contribution in [-0.4, -0.2) is 32.1 Å². The molecule has 1 aromatic rings. The Hall–Kier alpha value is -1.55. The molecule has 1 unspecified atom stereocenters. The lowest BCUT2D eigenvalue weighted by atomic mass is 10.1. The molecule has 1 aliphatic rings. The molecule has 1 aliphatic heterocycles. The van der Waals surface area contributed by atoms with E-state index in [1.54, 1.807) is 6.92 Å². The summed E-state index contributed by atoms with van der Waals surface area (Å²) in [6.07, 6.45) is 1.02. The first-order valence-corrected chi connectivity index (χ1v) is 6.86. The molecule has 1 saturated heterocycles. The number of nitrogens with one attached hydrogen (secondary N) is 2. The van der Waals surface area contributed by atoms with Crippen molar-refractivity contribution in [2.75, 3.05) is 25.0 Å². The highest BCUT2D eigenvalue weighted by Gasteiger charge is 2.24. The van der Waals surface area contributed by atoms with Gasteiger partial charge in [0, 0.05) is 38.3 Å².